The zero-order chi connectivity index (χ0) is 18.4. The van der Waals surface area contributed by atoms with Crippen molar-refractivity contribution >= 4 is 17.5 Å². The van der Waals surface area contributed by atoms with Gasteiger partial charge in [0.1, 0.15) is 5.82 Å². The minimum atomic E-state index is -0.289. The number of hydrogen-bond acceptors (Lipinski definition) is 4. The predicted octanol–water partition coefficient (Wildman–Crippen LogP) is 3.64. The van der Waals surface area contributed by atoms with Crippen molar-refractivity contribution < 1.29 is 9.18 Å². The lowest BCUT2D eigenvalue weighted by molar-refractivity contribution is 0.0953. The Balaban J connectivity index is 1.53. The smallest absolute Gasteiger partial charge is 0.254 e. The van der Waals surface area contributed by atoms with Gasteiger partial charge in [-0.05, 0) is 37.1 Å². The molecule has 0 atom stereocenters. The molecule has 132 valence electrons. The summed E-state index contributed by atoms with van der Waals surface area (Å²) in [6.45, 7) is 2.35. The zero-order valence-corrected chi connectivity index (χ0v) is 14.4. The maximum absolute atomic E-state index is 13.5. The molecule has 0 radical (unpaired) electrons. The minimum absolute atomic E-state index is 0.267. The van der Waals surface area contributed by atoms with Crippen LogP contribution in [0, 0.1) is 12.7 Å². The minimum Gasteiger partial charge on any atom is -0.352 e. The summed E-state index contributed by atoms with van der Waals surface area (Å²) in [4.78, 5) is 20.4. The van der Waals surface area contributed by atoms with E-state index in [1.807, 2.05) is 31.2 Å². The summed E-state index contributed by atoms with van der Waals surface area (Å²) in [6.07, 6.45) is 3.34. The molecule has 1 amide bonds. The fourth-order valence-electron chi connectivity index (χ4n) is 2.39. The van der Waals surface area contributed by atoms with Crippen LogP contribution in [0.4, 0.5) is 16.0 Å². The number of hydrogen-bond donors (Lipinski definition) is 2. The maximum Gasteiger partial charge on any atom is 0.254 e. The van der Waals surface area contributed by atoms with Crippen molar-refractivity contribution in [2.75, 3.05) is 11.9 Å². The van der Waals surface area contributed by atoms with Gasteiger partial charge in [0.05, 0.1) is 5.56 Å². The van der Waals surface area contributed by atoms with Gasteiger partial charge in [0.15, 0.2) is 0 Å². The fraction of sp³-hybridized carbons (Fsp3) is 0.150. The van der Waals surface area contributed by atoms with Crippen LogP contribution in [0.3, 0.4) is 0 Å². The number of anilines is 2. The number of nitrogens with zero attached hydrogens (tertiary/aromatic N) is 2. The third-order valence-electron chi connectivity index (χ3n) is 3.86. The van der Waals surface area contributed by atoms with Crippen LogP contribution in [0.1, 0.15) is 21.5 Å². The Bertz CT molecular complexity index is 879. The van der Waals surface area contributed by atoms with Gasteiger partial charge in [0, 0.05) is 24.6 Å². The first-order valence-corrected chi connectivity index (χ1v) is 8.29. The molecule has 2 N–H and O–H groups in total. The average Bonchev–Trinajstić information content (AvgIpc) is 2.66. The van der Waals surface area contributed by atoms with E-state index in [0.29, 0.717) is 30.0 Å². The van der Waals surface area contributed by atoms with E-state index in [2.05, 4.69) is 20.6 Å². The van der Waals surface area contributed by atoms with Crippen LogP contribution >= 0.6 is 0 Å². The molecule has 5 nitrogen and oxygen atoms in total. The highest BCUT2D eigenvalue weighted by Crippen LogP contribution is 2.13. The van der Waals surface area contributed by atoms with E-state index < -0.39 is 0 Å². The molecule has 0 aliphatic heterocycles. The lowest BCUT2D eigenvalue weighted by Crippen LogP contribution is -2.26. The molecule has 0 aliphatic rings. The Hall–Kier alpha value is -3.28. The highest BCUT2D eigenvalue weighted by atomic mass is 19.1. The van der Waals surface area contributed by atoms with Crippen LogP contribution < -0.4 is 10.6 Å². The SMILES string of the molecule is Cc1ccc(Nc2ncc(C(=O)NCCc3ccccc3F)cn2)cc1. The molecular formula is C20H19FN4O. The van der Waals surface area contributed by atoms with Crippen molar-refractivity contribution in [2.45, 2.75) is 13.3 Å². The number of halogens is 1. The highest BCUT2D eigenvalue weighted by Gasteiger charge is 2.08. The van der Waals surface area contributed by atoms with Gasteiger partial charge in [-0.1, -0.05) is 35.9 Å². The van der Waals surface area contributed by atoms with Gasteiger partial charge in [-0.15, -0.1) is 0 Å². The molecule has 0 fully saturated rings. The fourth-order valence-corrected chi connectivity index (χ4v) is 2.39. The number of aryl methyl sites for hydroxylation is 1. The molecule has 0 aliphatic carbocycles. The van der Waals surface area contributed by atoms with Crippen molar-refractivity contribution in [3.8, 4) is 0 Å². The summed E-state index contributed by atoms with van der Waals surface area (Å²) in [6, 6.07) is 14.4. The summed E-state index contributed by atoms with van der Waals surface area (Å²) < 4.78 is 13.5. The normalized spacial score (nSPS) is 10.4. The van der Waals surface area contributed by atoms with Crippen LogP contribution in [-0.4, -0.2) is 22.4 Å². The highest BCUT2D eigenvalue weighted by molar-refractivity contribution is 5.93. The van der Waals surface area contributed by atoms with Gasteiger partial charge < -0.3 is 10.6 Å². The molecule has 0 saturated heterocycles. The van der Waals surface area contributed by atoms with Crippen molar-refractivity contribution in [1.82, 2.24) is 15.3 Å². The number of nitrogens with one attached hydrogen (secondary N) is 2. The largest absolute Gasteiger partial charge is 0.352 e. The molecule has 0 saturated carbocycles. The molecule has 3 rings (SSSR count). The van der Waals surface area contributed by atoms with E-state index in [9.17, 15) is 9.18 Å². The second-order valence-corrected chi connectivity index (χ2v) is 5.88. The van der Waals surface area contributed by atoms with Crippen LogP contribution in [0.25, 0.3) is 0 Å². The molecular weight excluding hydrogens is 331 g/mol. The third kappa shape index (κ3) is 4.63. The van der Waals surface area contributed by atoms with Crippen LogP contribution in [0.2, 0.25) is 0 Å². The zero-order valence-electron chi connectivity index (χ0n) is 14.4. The first-order valence-electron chi connectivity index (χ1n) is 8.29. The van der Waals surface area contributed by atoms with Crippen molar-refractivity contribution in [2.24, 2.45) is 0 Å². The topological polar surface area (TPSA) is 66.9 Å². The summed E-state index contributed by atoms with van der Waals surface area (Å²) in [5.74, 6) is -0.142. The van der Waals surface area contributed by atoms with Gasteiger partial charge in [-0.2, -0.15) is 0 Å². The lowest BCUT2D eigenvalue weighted by Gasteiger charge is -2.07. The summed E-state index contributed by atoms with van der Waals surface area (Å²) in [5.41, 5.74) is 2.96. The van der Waals surface area contributed by atoms with Crippen molar-refractivity contribution in [3.63, 3.8) is 0 Å². The van der Waals surface area contributed by atoms with Gasteiger partial charge in [0.2, 0.25) is 5.95 Å². The first kappa shape index (κ1) is 17.5. The van der Waals surface area contributed by atoms with E-state index in [0.717, 1.165) is 5.69 Å². The molecule has 3 aromatic rings. The van der Waals surface area contributed by atoms with E-state index >= 15 is 0 Å². The van der Waals surface area contributed by atoms with Gasteiger partial charge in [-0.25, -0.2) is 14.4 Å². The molecule has 6 heteroatoms. The lowest BCUT2D eigenvalue weighted by atomic mass is 10.1. The maximum atomic E-state index is 13.5. The molecule has 0 bridgehead atoms. The molecule has 0 unspecified atom stereocenters. The second-order valence-electron chi connectivity index (χ2n) is 5.88. The van der Waals surface area contributed by atoms with E-state index in [4.69, 9.17) is 0 Å². The number of carbonyl (C=O) groups excluding carboxylic acids is 1. The quantitative estimate of drug-likeness (QED) is 0.712. The monoisotopic (exact) mass is 350 g/mol. The van der Waals surface area contributed by atoms with Crippen molar-refractivity contribution in [3.05, 3.63) is 83.4 Å². The molecule has 26 heavy (non-hydrogen) atoms. The van der Waals surface area contributed by atoms with Gasteiger partial charge in [0.25, 0.3) is 5.91 Å². The van der Waals surface area contributed by atoms with E-state index in [1.165, 1.54) is 24.0 Å². The number of benzene rings is 2. The van der Waals surface area contributed by atoms with Crippen LogP contribution in [-0.2, 0) is 6.42 Å². The Morgan fingerprint density at radius 2 is 1.73 bits per heavy atom. The van der Waals surface area contributed by atoms with Gasteiger partial charge in [-0.3, -0.25) is 4.79 Å². The summed E-state index contributed by atoms with van der Waals surface area (Å²) >= 11 is 0. The number of carbonyl (C=O) groups is 1. The number of aromatic nitrogens is 2. The Labute approximate surface area is 151 Å². The van der Waals surface area contributed by atoms with E-state index in [-0.39, 0.29) is 11.7 Å². The number of amides is 1. The standard InChI is InChI=1S/C20H19FN4O/c1-14-6-8-17(9-7-14)25-20-23-12-16(13-24-20)19(26)22-11-10-15-4-2-3-5-18(15)21/h2-9,12-13H,10-11H2,1H3,(H,22,26)(H,23,24,25). The first-order chi connectivity index (χ1) is 12.6. The Kier molecular flexibility index (Phi) is 5.53. The molecule has 0 spiro atoms. The summed E-state index contributed by atoms with van der Waals surface area (Å²) in [7, 11) is 0. The van der Waals surface area contributed by atoms with Gasteiger partial charge >= 0.3 is 0 Å². The van der Waals surface area contributed by atoms with Crippen LogP contribution in [0.15, 0.2) is 60.9 Å². The molecule has 1 heterocycles. The van der Waals surface area contributed by atoms with E-state index in [1.54, 1.807) is 18.2 Å². The molecule has 2 aromatic carbocycles. The summed E-state index contributed by atoms with van der Waals surface area (Å²) in [5, 5.41) is 5.82. The molecule has 1 aromatic heterocycles. The van der Waals surface area contributed by atoms with Crippen molar-refractivity contribution in [1.29, 1.82) is 0 Å². The second kappa shape index (κ2) is 8.20. The Morgan fingerprint density at radius 1 is 1.04 bits per heavy atom. The predicted molar refractivity (Wildman–Crippen MR) is 98.9 cm³/mol. The Morgan fingerprint density at radius 3 is 2.42 bits per heavy atom. The average molecular weight is 350 g/mol. The van der Waals surface area contributed by atoms with Crippen LogP contribution in [0.5, 0.6) is 0 Å². The third-order valence-corrected chi connectivity index (χ3v) is 3.86. The number of rotatable bonds is 6.